The molecular formula is C17H15IN2O6. The van der Waals surface area contributed by atoms with Gasteiger partial charge < -0.3 is 14.8 Å². The average Bonchev–Trinajstić information content (AvgIpc) is 2.61. The summed E-state index contributed by atoms with van der Waals surface area (Å²) in [6, 6.07) is 10.5. The first-order valence-electron chi connectivity index (χ1n) is 7.41. The lowest BCUT2D eigenvalue weighted by Crippen LogP contribution is -2.30. The Morgan fingerprint density at radius 1 is 1.19 bits per heavy atom. The van der Waals surface area contributed by atoms with Crippen molar-refractivity contribution in [2.75, 3.05) is 12.4 Å². The van der Waals surface area contributed by atoms with Gasteiger partial charge in [-0.05, 0) is 59.8 Å². The van der Waals surface area contributed by atoms with Crippen molar-refractivity contribution in [3.05, 3.63) is 61.7 Å². The fourth-order valence-corrected chi connectivity index (χ4v) is 2.37. The summed E-state index contributed by atoms with van der Waals surface area (Å²) in [5, 5.41) is 13.4. The first-order chi connectivity index (χ1) is 12.3. The summed E-state index contributed by atoms with van der Waals surface area (Å²) in [4.78, 5) is 34.6. The molecule has 0 saturated heterocycles. The van der Waals surface area contributed by atoms with E-state index in [2.05, 4.69) is 27.9 Å². The normalized spacial score (nSPS) is 11.3. The Hall–Kier alpha value is -2.69. The number of hydrogen-bond acceptors (Lipinski definition) is 6. The van der Waals surface area contributed by atoms with Crippen LogP contribution in [0.4, 0.5) is 11.4 Å². The van der Waals surface area contributed by atoms with Crippen LogP contribution in [0.5, 0.6) is 5.75 Å². The molecule has 1 unspecified atom stereocenters. The van der Waals surface area contributed by atoms with E-state index in [1.165, 1.54) is 32.2 Å². The number of halogens is 1. The molecule has 0 saturated carbocycles. The van der Waals surface area contributed by atoms with E-state index in [-0.39, 0.29) is 17.1 Å². The van der Waals surface area contributed by atoms with Gasteiger partial charge in [0.15, 0.2) is 6.10 Å². The van der Waals surface area contributed by atoms with Crippen molar-refractivity contribution in [3.8, 4) is 5.75 Å². The van der Waals surface area contributed by atoms with Crippen LogP contribution >= 0.6 is 22.6 Å². The fourth-order valence-electron chi connectivity index (χ4n) is 2.01. The lowest BCUT2D eigenvalue weighted by molar-refractivity contribution is -0.384. The van der Waals surface area contributed by atoms with E-state index < -0.39 is 22.9 Å². The molecule has 0 aliphatic rings. The van der Waals surface area contributed by atoms with E-state index in [4.69, 9.17) is 9.47 Å². The molecule has 1 atom stereocenters. The minimum atomic E-state index is -1.11. The first kappa shape index (κ1) is 19.6. The van der Waals surface area contributed by atoms with E-state index in [9.17, 15) is 19.7 Å². The molecule has 0 aliphatic heterocycles. The monoisotopic (exact) mass is 470 g/mol. The summed E-state index contributed by atoms with van der Waals surface area (Å²) in [6.07, 6.45) is -1.11. The molecule has 0 aliphatic carbocycles. The van der Waals surface area contributed by atoms with Gasteiger partial charge in [-0.3, -0.25) is 14.9 Å². The van der Waals surface area contributed by atoms with Gasteiger partial charge in [0.05, 0.1) is 23.3 Å². The number of methoxy groups -OCH3 is 1. The number of amides is 1. The van der Waals surface area contributed by atoms with Gasteiger partial charge >= 0.3 is 5.97 Å². The van der Waals surface area contributed by atoms with Gasteiger partial charge in [-0.25, -0.2) is 4.79 Å². The summed E-state index contributed by atoms with van der Waals surface area (Å²) in [5.41, 5.74) is 0.228. The fraction of sp³-hybridized carbons (Fsp3) is 0.176. The average molecular weight is 470 g/mol. The highest BCUT2D eigenvalue weighted by molar-refractivity contribution is 14.1. The Balaban J connectivity index is 2.09. The van der Waals surface area contributed by atoms with Gasteiger partial charge in [0.25, 0.3) is 11.6 Å². The van der Waals surface area contributed by atoms with Crippen molar-refractivity contribution >= 4 is 45.8 Å². The number of rotatable bonds is 6. The molecule has 2 aromatic rings. The molecule has 2 rings (SSSR count). The van der Waals surface area contributed by atoms with Gasteiger partial charge in [0, 0.05) is 15.7 Å². The number of carbonyl (C=O) groups is 2. The van der Waals surface area contributed by atoms with E-state index in [1.54, 1.807) is 24.3 Å². The summed E-state index contributed by atoms with van der Waals surface area (Å²) in [6.45, 7) is 1.41. The predicted octanol–water partition coefficient (Wildman–Crippen LogP) is 3.39. The van der Waals surface area contributed by atoms with Crippen molar-refractivity contribution < 1.29 is 24.0 Å². The van der Waals surface area contributed by atoms with Crippen molar-refractivity contribution in [3.63, 3.8) is 0 Å². The maximum absolute atomic E-state index is 12.3. The standard InChI is InChI=1S/C17H15IN2O6/c1-10(26-17(22)11-3-5-12(18)6-4-11)16(21)19-14-9-13(20(23)24)7-8-15(14)25-2/h3-10H,1-2H3,(H,19,21). The molecule has 136 valence electrons. The number of carbonyl (C=O) groups excluding carboxylic acids is 2. The molecule has 0 fully saturated rings. The third kappa shape index (κ3) is 4.91. The lowest BCUT2D eigenvalue weighted by Gasteiger charge is -2.15. The second-order valence-corrected chi connectivity index (χ2v) is 6.43. The minimum absolute atomic E-state index is 0.115. The van der Waals surface area contributed by atoms with Gasteiger partial charge in [-0.15, -0.1) is 0 Å². The zero-order valence-corrected chi connectivity index (χ0v) is 16.1. The molecule has 9 heteroatoms. The zero-order chi connectivity index (χ0) is 19.3. The molecule has 0 spiro atoms. The first-order valence-corrected chi connectivity index (χ1v) is 8.49. The molecule has 1 N–H and O–H groups in total. The third-order valence-corrected chi connectivity index (χ3v) is 4.10. The number of benzene rings is 2. The van der Waals surface area contributed by atoms with Crippen molar-refractivity contribution in [1.82, 2.24) is 0 Å². The summed E-state index contributed by atoms with van der Waals surface area (Å²) >= 11 is 2.11. The van der Waals surface area contributed by atoms with Crippen LogP contribution in [0.3, 0.4) is 0 Å². The highest BCUT2D eigenvalue weighted by Gasteiger charge is 2.21. The van der Waals surface area contributed by atoms with E-state index in [1.807, 2.05) is 0 Å². The number of non-ortho nitro benzene ring substituents is 1. The predicted molar refractivity (Wildman–Crippen MR) is 102 cm³/mol. The van der Waals surface area contributed by atoms with E-state index in [0.717, 1.165) is 3.57 Å². The number of esters is 1. The SMILES string of the molecule is COc1ccc([N+](=O)[O-])cc1NC(=O)C(C)OC(=O)c1ccc(I)cc1. The van der Waals surface area contributed by atoms with Crippen LogP contribution < -0.4 is 10.1 Å². The molecule has 2 aromatic carbocycles. The Kier molecular flexibility index (Phi) is 6.50. The van der Waals surface area contributed by atoms with Crippen molar-refractivity contribution in [2.45, 2.75) is 13.0 Å². The molecule has 8 nitrogen and oxygen atoms in total. The Labute approximate surface area is 162 Å². The van der Waals surface area contributed by atoms with Crippen LogP contribution in [0.15, 0.2) is 42.5 Å². The smallest absolute Gasteiger partial charge is 0.338 e. The van der Waals surface area contributed by atoms with Gasteiger partial charge in [0.2, 0.25) is 0 Å². The summed E-state index contributed by atoms with van der Waals surface area (Å²) < 4.78 is 11.2. The quantitative estimate of drug-likeness (QED) is 0.300. The highest BCUT2D eigenvalue weighted by Crippen LogP contribution is 2.29. The van der Waals surface area contributed by atoms with Crippen LogP contribution in [-0.4, -0.2) is 30.0 Å². The molecular weight excluding hydrogens is 455 g/mol. The van der Waals surface area contributed by atoms with Crippen LogP contribution in [-0.2, 0) is 9.53 Å². The molecule has 0 bridgehead atoms. The van der Waals surface area contributed by atoms with Crippen LogP contribution in [0.25, 0.3) is 0 Å². The van der Waals surface area contributed by atoms with E-state index in [0.29, 0.717) is 5.56 Å². The number of hydrogen-bond donors (Lipinski definition) is 1. The van der Waals surface area contributed by atoms with Crippen molar-refractivity contribution in [1.29, 1.82) is 0 Å². The molecule has 0 aromatic heterocycles. The second kappa shape index (κ2) is 8.61. The number of nitro benzene ring substituents is 1. The third-order valence-electron chi connectivity index (χ3n) is 3.38. The number of ether oxygens (including phenoxy) is 2. The van der Waals surface area contributed by atoms with Crippen molar-refractivity contribution in [2.24, 2.45) is 0 Å². The minimum Gasteiger partial charge on any atom is -0.495 e. The lowest BCUT2D eigenvalue weighted by atomic mass is 10.2. The number of nitrogens with one attached hydrogen (secondary N) is 1. The number of anilines is 1. The topological polar surface area (TPSA) is 108 Å². The van der Waals surface area contributed by atoms with E-state index >= 15 is 0 Å². The van der Waals surface area contributed by atoms with Gasteiger partial charge in [-0.2, -0.15) is 0 Å². The highest BCUT2D eigenvalue weighted by atomic mass is 127. The largest absolute Gasteiger partial charge is 0.495 e. The number of nitro groups is 1. The number of nitrogens with zero attached hydrogens (tertiary/aromatic N) is 1. The van der Waals surface area contributed by atoms with Crippen LogP contribution in [0.2, 0.25) is 0 Å². The summed E-state index contributed by atoms with van der Waals surface area (Å²) in [7, 11) is 1.37. The zero-order valence-electron chi connectivity index (χ0n) is 13.9. The van der Waals surface area contributed by atoms with Gasteiger partial charge in [0.1, 0.15) is 5.75 Å². The summed E-state index contributed by atoms with van der Waals surface area (Å²) in [5.74, 6) is -1.03. The molecule has 26 heavy (non-hydrogen) atoms. The van der Waals surface area contributed by atoms with Gasteiger partial charge in [-0.1, -0.05) is 0 Å². The second-order valence-electron chi connectivity index (χ2n) is 5.19. The maximum Gasteiger partial charge on any atom is 0.338 e. The maximum atomic E-state index is 12.3. The molecule has 0 heterocycles. The molecule has 0 radical (unpaired) electrons. The van der Waals surface area contributed by atoms with Crippen LogP contribution in [0.1, 0.15) is 17.3 Å². The Morgan fingerprint density at radius 3 is 2.42 bits per heavy atom. The van der Waals surface area contributed by atoms with Crippen LogP contribution in [0, 0.1) is 13.7 Å². The Bertz CT molecular complexity index is 838. The Morgan fingerprint density at radius 2 is 1.85 bits per heavy atom. The molecule has 1 amide bonds.